The van der Waals surface area contributed by atoms with Crippen LogP contribution in [0, 0.1) is 0 Å². The molecular formula is C15H24N2O3S. The van der Waals surface area contributed by atoms with Gasteiger partial charge in [0.05, 0.1) is 5.56 Å². The Labute approximate surface area is 131 Å². The molecule has 4 N–H and O–H groups in total. The van der Waals surface area contributed by atoms with Crippen molar-refractivity contribution in [2.24, 2.45) is 5.73 Å². The van der Waals surface area contributed by atoms with Crippen molar-refractivity contribution in [2.45, 2.75) is 19.4 Å². The van der Waals surface area contributed by atoms with Gasteiger partial charge in [-0.1, -0.05) is 31.3 Å². The van der Waals surface area contributed by atoms with Crippen LogP contribution in [0.3, 0.4) is 0 Å². The summed E-state index contributed by atoms with van der Waals surface area (Å²) in [7, 11) is 0. The molecule has 0 amide bonds. The number of hydrogen-bond acceptors (Lipinski definition) is 5. The summed E-state index contributed by atoms with van der Waals surface area (Å²) >= 11 is 4.97. The average molecular weight is 312 g/mol. The van der Waals surface area contributed by atoms with Crippen LogP contribution in [0.25, 0.3) is 0 Å². The minimum atomic E-state index is -0.608. The number of ether oxygens (including phenoxy) is 1. The van der Waals surface area contributed by atoms with E-state index in [0.717, 1.165) is 13.1 Å². The van der Waals surface area contributed by atoms with Crippen molar-refractivity contribution in [2.75, 3.05) is 32.8 Å². The van der Waals surface area contributed by atoms with Crippen molar-refractivity contribution in [3.05, 3.63) is 29.8 Å². The fourth-order valence-electron chi connectivity index (χ4n) is 2.01. The van der Waals surface area contributed by atoms with Crippen LogP contribution in [-0.4, -0.2) is 59.1 Å². The second kappa shape index (κ2) is 9.68. The zero-order valence-electron chi connectivity index (χ0n) is 12.4. The second-order valence-corrected chi connectivity index (χ2v) is 5.24. The lowest BCUT2D eigenvalue weighted by Crippen LogP contribution is -2.36. The van der Waals surface area contributed by atoms with Crippen LogP contribution in [0.5, 0.6) is 5.75 Å². The summed E-state index contributed by atoms with van der Waals surface area (Å²) in [6.45, 7) is 4.44. The molecule has 1 unspecified atom stereocenters. The van der Waals surface area contributed by atoms with E-state index in [1.807, 2.05) is 19.1 Å². The molecule has 21 heavy (non-hydrogen) atoms. The van der Waals surface area contributed by atoms with Crippen LogP contribution in [0.4, 0.5) is 0 Å². The van der Waals surface area contributed by atoms with Gasteiger partial charge in [0.25, 0.3) is 0 Å². The standard InChI is InChI=1S/C15H24N2O3S/c1-2-17(8-5-9-18)10-12(19)11-20-14-7-4-3-6-13(14)15(16)21/h3-4,6-7,12,18-19H,2,5,8-11H2,1H3,(H2,16,21). The third kappa shape index (κ3) is 6.39. The highest BCUT2D eigenvalue weighted by Crippen LogP contribution is 2.17. The van der Waals surface area contributed by atoms with Crippen molar-refractivity contribution >= 4 is 17.2 Å². The molecular weight excluding hydrogens is 288 g/mol. The first-order valence-corrected chi connectivity index (χ1v) is 7.52. The summed E-state index contributed by atoms with van der Waals surface area (Å²) in [4.78, 5) is 2.35. The van der Waals surface area contributed by atoms with E-state index in [4.69, 9.17) is 27.8 Å². The predicted molar refractivity (Wildman–Crippen MR) is 87.6 cm³/mol. The maximum Gasteiger partial charge on any atom is 0.129 e. The topological polar surface area (TPSA) is 79.0 Å². The summed E-state index contributed by atoms with van der Waals surface area (Å²) in [5, 5.41) is 18.9. The molecule has 0 radical (unpaired) electrons. The highest BCUT2D eigenvalue weighted by molar-refractivity contribution is 7.80. The molecule has 0 heterocycles. The van der Waals surface area contributed by atoms with E-state index in [1.54, 1.807) is 12.1 Å². The van der Waals surface area contributed by atoms with Gasteiger partial charge in [-0.3, -0.25) is 0 Å². The van der Waals surface area contributed by atoms with E-state index < -0.39 is 6.10 Å². The highest BCUT2D eigenvalue weighted by Gasteiger charge is 2.12. The Balaban J connectivity index is 2.49. The van der Waals surface area contributed by atoms with Gasteiger partial charge in [-0.2, -0.15) is 0 Å². The highest BCUT2D eigenvalue weighted by atomic mass is 32.1. The molecule has 1 aromatic carbocycles. The number of para-hydroxylation sites is 1. The smallest absolute Gasteiger partial charge is 0.129 e. The quantitative estimate of drug-likeness (QED) is 0.554. The lowest BCUT2D eigenvalue weighted by Gasteiger charge is -2.23. The lowest BCUT2D eigenvalue weighted by atomic mass is 10.2. The minimum absolute atomic E-state index is 0.157. The van der Waals surface area contributed by atoms with Gasteiger partial charge in [-0.25, -0.2) is 0 Å². The van der Waals surface area contributed by atoms with E-state index in [1.165, 1.54) is 0 Å². The van der Waals surface area contributed by atoms with E-state index in [-0.39, 0.29) is 18.2 Å². The average Bonchev–Trinajstić information content (AvgIpc) is 2.49. The van der Waals surface area contributed by atoms with Crippen LogP contribution in [0.1, 0.15) is 18.9 Å². The molecule has 118 valence electrons. The molecule has 0 aliphatic carbocycles. The predicted octanol–water partition coefficient (Wildman–Crippen LogP) is 0.765. The molecule has 6 heteroatoms. The zero-order chi connectivity index (χ0) is 15.7. The molecule has 0 aliphatic rings. The number of aliphatic hydroxyl groups excluding tert-OH is 2. The van der Waals surface area contributed by atoms with E-state index >= 15 is 0 Å². The Kier molecular flexibility index (Phi) is 8.22. The Morgan fingerprint density at radius 3 is 2.76 bits per heavy atom. The van der Waals surface area contributed by atoms with E-state index in [0.29, 0.717) is 24.3 Å². The van der Waals surface area contributed by atoms with Crippen molar-refractivity contribution < 1.29 is 14.9 Å². The lowest BCUT2D eigenvalue weighted by molar-refractivity contribution is 0.0676. The van der Waals surface area contributed by atoms with Crippen LogP contribution < -0.4 is 10.5 Å². The van der Waals surface area contributed by atoms with Gasteiger partial charge in [0.2, 0.25) is 0 Å². The molecule has 0 saturated heterocycles. The van der Waals surface area contributed by atoms with Crippen molar-refractivity contribution in [1.29, 1.82) is 0 Å². The van der Waals surface area contributed by atoms with Crippen LogP contribution in [-0.2, 0) is 0 Å². The number of nitrogens with two attached hydrogens (primary N) is 1. The molecule has 0 fully saturated rings. The molecule has 1 rings (SSSR count). The van der Waals surface area contributed by atoms with E-state index in [2.05, 4.69) is 4.90 Å². The van der Waals surface area contributed by atoms with Crippen molar-refractivity contribution in [1.82, 2.24) is 4.90 Å². The summed E-state index contributed by atoms with van der Waals surface area (Å²) in [6.07, 6.45) is 0.0918. The first kappa shape index (κ1) is 17.8. The Bertz CT molecular complexity index is 443. The van der Waals surface area contributed by atoms with Gasteiger partial charge in [-0.15, -0.1) is 0 Å². The van der Waals surface area contributed by atoms with Crippen molar-refractivity contribution in [3.8, 4) is 5.75 Å². The Hall–Kier alpha value is -1.21. The van der Waals surface area contributed by atoms with Gasteiger partial charge < -0.3 is 25.6 Å². The monoisotopic (exact) mass is 312 g/mol. The molecule has 5 nitrogen and oxygen atoms in total. The summed E-state index contributed by atoms with van der Waals surface area (Å²) in [5.41, 5.74) is 6.31. The number of hydrogen-bond donors (Lipinski definition) is 3. The third-order valence-electron chi connectivity index (χ3n) is 3.13. The first-order chi connectivity index (χ1) is 10.1. The summed E-state index contributed by atoms with van der Waals surface area (Å²) < 4.78 is 5.62. The SMILES string of the molecule is CCN(CCCO)CC(O)COc1ccccc1C(N)=S. The minimum Gasteiger partial charge on any atom is -0.490 e. The fraction of sp³-hybridized carbons (Fsp3) is 0.533. The Morgan fingerprint density at radius 1 is 1.43 bits per heavy atom. The first-order valence-electron chi connectivity index (χ1n) is 7.11. The van der Waals surface area contributed by atoms with Gasteiger partial charge in [0, 0.05) is 19.7 Å². The molecule has 0 aromatic heterocycles. The van der Waals surface area contributed by atoms with Gasteiger partial charge in [0.1, 0.15) is 23.4 Å². The largest absolute Gasteiger partial charge is 0.490 e. The van der Waals surface area contributed by atoms with Gasteiger partial charge in [0.15, 0.2) is 0 Å². The summed E-state index contributed by atoms with van der Waals surface area (Å²) in [5.74, 6) is 0.586. The maximum absolute atomic E-state index is 10.0. The Morgan fingerprint density at radius 2 is 2.14 bits per heavy atom. The fourth-order valence-corrected chi connectivity index (χ4v) is 2.17. The number of likely N-dealkylation sites (N-methyl/N-ethyl adjacent to an activating group) is 1. The molecule has 0 bridgehead atoms. The molecule has 0 aliphatic heterocycles. The number of rotatable bonds is 10. The third-order valence-corrected chi connectivity index (χ3v) is 3.35. The maximum atomic E-state index is 10.0. The number of aliphatic hydroxyl groups is 2. The molecule has 1 aromatic rings. The molecule has 1 atom stereocenters. The van der Waals surface area contributed by atoms with E-state index in [9.17, 15) is 5.11 Å². The normalized spacial score (nSPS) is 12.4. The number of nitrogens with zero attached hydrogens (tertiary/aromatic N) is 1. The van der Waals surface area contributed by atoms with Gasteiger partial charge in [-0.05, 0) is 25.1 Å². The molecule has 0 spiro atoms. The zero-order valence-corrected chi connectivity index (χ0v) is 13.2. The van der Waals surface area contributed by atoms with Crippen LogP contribution in [0.15, 0.2) is 24.3 Å². The van der Waals surface area contributed by atoms with Gasteiger partial charge >= 0.3 is 0 Å². The molecule has 0 saturated carbocycles. The number of thiocarbonyl (C=S) groups is 1. The van der Waals surface area contributed by atoms with Crippen LogP contribution >= 0.6 is 12.2 Å². The van der Waals surface area contributed by atoms with Crippen LogP contribution in [0.2, 0.25) is 0 Å². The number of benzene rings is 1. The van der Waals surface area contributed by atoms with Crippen molar-refractivity contribution in [3.63, 3.8) is 0 Å². The second-order valence-electron chi connectivity index (χ2n) is 4.80. The summed E-state index contributed by atoms with van der Waals surface area (Å²) in [6, 6.07) is 7.25.